The van der Waals surface area contributed by atoms with Crippen LogP contribution in [0.5, 0.6) is 0 Å². The molecular weight excluding hydrogens is 228 g/mol. The first-order valence-corrected chi connectivity index (χ1v) is 6.15. The first kappa shape index (κ1) is 15.0. The highest BCUT2D eigenvalue weighted by molar-refractivity contribution is 5.40. The molecule has 0 heterocycles. The molecule has 4 heteroatoms. The first-order valence-electron chi connectivity index (χ1n) is 6.15. The van der Waals surface area contributed by atoms with Crippen LogP contribution in [-0.4, -0.2) is 45.4 Å². The monoisotopic (exact) mass is 252 g/mol. The molecule has 0 saturated carbocycles. The number of ether oxygens (including phenoxy) is 2. The van der Waals surface area contributed by atoms with Crippen LogP contribution in [0.2, 0.25) is 0 Å². The minimum Gasteiger partial charge on any atom is -0.399 e. The van der Waals surface area contributed by atoms with Gasteiger partial charge in [-0.2, -0.15) is 0 Å². The second kappa shape index (κ2) is 7.36. The van der Waals surface area contributed by atoms with E-state index in [2.05, 4.69) is 31.0 Å². The Morgan fingerprint density at radius 1 is 1.11 bits per heavy atom. The van der Waals surface area contributed by atoms with Crippen LogP contribution in [0.15, 0.2) is 24.3 Å². The topological polar surface area (TPSA) is 47.7 Å². The fraction of sp³-hybridized carbons (Fsp3) is 0.571. The highest BCUT2D eigenvalue weighted by Crippen LogP contribution is 2.22. The zero-order valence-corrected chi connectivity index (χ0v) is 11.7. The van der Waals surface area contributed by atoms with Gasteiger partial charge in [0.15, 0.2) is 0 Å². The summed E-state index contributed by atoms with van der Waals surface area (Å²) in [5, 5.41) is 0. The maximum Gasteiger partial charge on any atom is 0.0640 e. The van der Waals surface area contributed by atoms with E-state index in [9.17, 15) is 0 Å². The van der Waals surface area contributed by atoms with Crippen LogP contribution in [-0.2, 0) is 9.47 Å². The summed E-state index contributed by atoms with van der Waals surface area (Å²) in [6.45, 7) is 3.48. The highest BCUT2D eigenvalue weighted by atomic mass is 16.5. The molecule has 0 spiro atoms. The van der Waals surface area contributed by atoms with E-state index in [1.165, 1.54) is 5.56 Å². The predicted molar refractivity (Wildman–Crippen MR) is 74.6 cm³/mol. The van der Waals surface area contributed by atoms with Crippen LogP contribution < -0.4 is 5.73 Å². The van der Waals surface area contributed by atoms with E-state index >= 15 is 0 Å². The number of anilines is 1. The van der Waals surface area contributed by atoms with E-state index in [-0.39, 0.29) is 6.04 Å². The average Bonchev–Trinajstić information content (AvgIpc) is 2.38. The largest absolute Gasteiger partial charge is 0.399 e. The second-order valence-electron chi connectivity index (χ2n) is 4.57. The van der Waals surface area contributed by atoms with Gasteiger partial charge in [-0.1, -0.05) is 12.1 Å². The average molecular weight is 252 g/mol. The summed E-state index contributed by atoms with van der Waals surface area (Å²) in [5.74, 6) is 0. The maximum atomic E-state index is 5.70. The fourth-order valence-electron chi connectivity index (χ4n) is 1.99. The van der Waals surface area contributed by atoms with Gasteiger partial charge < -0.3 is 15.2 Å². The molecule has 0 radical (unpaired) electrons. The molecule has 2 N–H and O–H groups in total. The number of nitrogen functional groups attached to an aromatic ring is 1. The Bertz CT molecular complexity index is 334. The molecule has 0 aliphatic heterocycles. The van der Waals surface area contributed by atoms with Gasteiger partial charge in [-0.15, -0.1) is 0 Å². The van der Waals surface area contributed by atoms with Crippen molar-refractivity contribution in [2.24, 2.45) is 0 Å². The maximum absolute atomic E-state index is 5.70. The molecule has 18 heavy (non-hydrogen) atoms. The summed E-state index contributed by atoms with van der Waals surface area (Å²) in [6, 6.07) is 8.52. The van der Waals surface area contributed by atoms with Crippen LogP contribution in [0, 0.1) is 0 Å². The lowest BCUT2D eigenvalue weighted by Gasteiger charge is -2.32. The van der Waals surface area contributed by atoms with Gasteiger partial charge in [-0.25, -0.2) is 0 Å². The van der Waals surface area contributed by atoms with Crippen LogP contribution >= 0.6 is 0 Å². The van der Waals surface area contributed by atoms with Crippen molar-refractivity contribution in [2.75, 3.05) is 40.2 Å². The molecule has 0 saturated heterocycles. The van der Waals surface area contributed by atoms with Gasteiger partial charge in [0.05, 0.1) is 19.3 Å². The van der Waals surface area contributed by atoms with E-state index < -0.39 is 0 Å². The number of nitrogens with zero attached hydrogens (tertiary/aromatic N) is 1. The zero-order valence-electron chi connectivity index (χ0n) is 11.7. The fourth-order valence-corrected chi connectivity index (χ4v) is 1.99. The minimum absolute atomic E-state index is 0.243. The lowest BCUT2D eigenvalue weighted by molar-refractivity contribution is 0.0315. The summed E-state index contributed by atoms with van der Waals surface area (Å²) in [7, 11) is 5.51. The van der Waals surface area contributed by atoms with Crippen LogP contribution in [0.25, 0.3) is 0 Å². The smallest absolute Gasteiger partial charge is 0.0640 e. The molecule has 0 aromatic heterocycles. The minimum atomic E-state index is 0.243. The Labute approximate surface area is 110 Å². The first-order chi connectivity index (χ1) is 8.60. The van der Waals surface area contributed by atoms with E-state index in [0.29, 0.717) is 19.3 Å². The quantitative estimate of drug-likeness (QED) is 0.753. The third kappa shape index (κ3) is 3.98. The van der Waals surface area contributed by atoms with Crippen molar-refractivity contribution in [2.45, 2.75) is 19.0 Å². The molecule has 1 aromatic rings. The lowest BCUT2D eigenvalue weighted by atomic mass is 10.1. The van der Waals surface area contributed by atoms with Crippen LogP contribution in [0.1, 0.15) is 18.5 Å². The molecule has 1 rings (SSSR count). The summed E-state index contributed by atoms with van der Waals surface area (Å²) in [4.78, 5) is 2.26. The van der Waals surface area contributed by atoms with Crippen molar-refractivity contribution in [3.8, 4) is 0 Å². The molecule has 1 aromatic carbocycles. The standard InChI is InChI=1S/C14H24N2O2/c1-11(12-5-7-13(15)8-6-12)16(2)14(9-17-3)10-18-4/h5-8,11,14H,9-10,15H2,1-4H3. The van der Waals surface area contributed by atoms with Crippen molar-refractivity contribution in [1.82, 2.24) is 4.90 Å². The third-order valence-electron chi connectivity index (χ3n) is 3.32. The molecule has 102 valence electrons. The van der Waals surface area contributed by atoms with E-state index in [0.717, 1.165) is 5.69 Å². The van der Waals surface area contributed by atoms with E-state index in [1.807, 2.05) is 12.1 Å². The summed E-state index contributed by atoms with van der Waals surface area (Å²) in [5.41, 5.74) is 7.73. The lowest BCUT2D eigenvalue weighted by Crippen LogP contribution is -2.40. The van der Waals surface area contributed by atoms with Gasteiger partial charge in [-0.3, -0.25) is 4.90 Å². The molecule has 0 amide bonds. The molecule has 0 aliphatic carbocycles. The van der Waals surface area contributed by atoms with Gasteiger partial charge in [-0.05, 0) is 31.7 Å². The Balaban J connectivity index is 2.73. The molecule has 0 bridgehead atoms. The highest BCUT2D eigenvalue weighted by Gasteiger charge is 2.20. The molecule has 4 nitrogen and oxygen atoms in total. The summed E-state index contributed by atoms with van der Waals surface area (Å²) >= 11 is 0. The predicted octanol–water partition coefficient (Wildman–Crippen LogP) is 1.92. The molecule has 0 aliphatic rings. The van der Waals surface area contributed by atoms with Crippen molar-refractivity contribution in [3.05, 3.63) is 29.8 Å². The van der Waals surface area contributed by atoms with Crippen molar-refractivity contribution < 1.29 is 9.47 Å². The van der Waals surface area contributed by atoms with E-state index in [4.69, 9.17) is 15.2 Å². The number of benzene rings is 1. The Hall–Kier alpha value is -1.10. The second-order valence-corrected chi connectivity index (χ2v) is 4.57. The van der Waals surface area contributed by atoms with Crippen molar-refractivity contribution in [1.29, 1.82) is 0 Å². The molecular formula is C14H24N2O2. The Morgan fingerprint density at radius 2 is 1.61 bits per heavy atom. The summed E-state index contributed by atoms with van der Waals surface area (Å²) < 4.78 is 10.5. The number of likely N-dealkylation sites (N-methyl/N-ethyl adjacent to an activating group) is 1. The number of hydrogen-bond acceptors (Lipinski definition) is 4. The van der Waals surface area contributed by atoms with Gasteiger partial charge >= 0.3 is 0 Å². The van der Waals surface area contributed by atoms with Gasteiger partial charge in [0.1, 0.15) is 0 Å². The molecule has 0 fully saturated rings. The van der Waals surface area contributed by atoms with Gasteiger partial charge in [0.2, 0.25) is 0 Å². The number of hydrogen-bond donors (Lipinski definition) is 1. The van der Waals surface area contributed by atoms with Gasteiger partial charge in [0.25, 0.3) is 0 Å². The van der Waals surface area contributed by atoms with Crippen molar-refractivity contribution in [3.63, 3.8) is 0 Å². The van der Waals surface area contributed by atoms with Crippen LogP contribution in [0.4, 0.5) is 5.69 Å². The number of nitrogens with two attached hydrogens (primary N) is 1. The third-order valence-corrected chi connectivity index (χ3v) is 3.32. The zero-order chi connectivity index (χ0) is 13.5. The Kier molecular flexibility index (Phi) is 6.12. The molecule has 1 atom stereocenters. The van der Waals surface area contributed by atoms with Crippen molar-refractivity contribution >= 4 is 5.69 Å². The summed E-state index contributed by atoms with van der Waals surface area (Å²) in [6.07, 6.45) is 0. The normalized spacial score (nSPS) is 13.2. The number of rotatable bonds is 7. The van der Waals surface area contributed by atoms with Crippen LogP contribution in [0.3, 0.4) is 0 Å². The number of methoxy groups -OCH3 is 2. The molecule has 1 unspecified atom stereocenters. The van der Waals surface area contributed by atoms with E-state index in [1.54, 1.807) is 14.2 Å². The van der Waals surface area contributed by atoms with Gasteiger partial charge in [0, 0.05) is 25.9 Å². The SMILES string of the molecule is COCC(COC)N(C)C(C)c1ccc(N)cc1. The Morgan fingerprint density at radius 3 is 2.06 bits per heavy atom.